The molecule has 0 fully saturated rings. The average molecular weight is 529 g/mol. The molecule has 1 amide bonds. The number of hydrogen-bond donors (Lipinski definition) is 0. The van der Waals surface area contributed by atoms with Crippen LogP contribution in [-0.4, -0.2) is 31.9 Å². The van der Waals surface area contributed by atoms with Crippen molar-refractivity contribution in [3.8, 4) is 0 Å². The summed E-state index contributed by atoms with van der Waals surface area (Å²) in [7, 11) is 0. The number of halogens is 1. The van der Waals surface area contributed by atoms with Gasteiger partial charge in [0.25, 0.3) is 5.56 Å². The van der Waals surface area contributed by atoms with E-state index >= 15 is 0 Å². The standard InChI is InChI=1S/C28H25BrN4O2/c1-19-31-25-18-32(26(34)15-20-14-23(29)17-30-16-20)13-12-24(25)28(35)33(19)27(21-8-4-2-5-9-21)22-10-6-3-7-11-22/h2-11,14,16-17,27H,12-13,15,18H2,1H3. The van der Waals surface area contributed by atoms with Gasteiger partial charge in [-0.05, 0) is 52.0 Å². The van der Waals surface area contributed by atoms with Crippen LogP contribution in [-0.2, 0) is 24.2 Å². The van der Waals surface area contributed by atoms with Gasteiger partial charge in [0, 0.05) is 29.0 Å². The van der Waals surface area contributed by atoms with Gasteiger partial charge >= 0.3 is 0 Å². The van der Waals surface area contributed by atoms with E-state index in [4.69, 9.17) is 4.98 Å². The van der Waals surface area contributed by atoms with Gasteiger partial charge in [-0.2, -0.15) is 0 Å². The Labute approximate surface area is 212 Å². The van der Waals surface area contributed by atoms with Crippen LogP contribution in [0.15, 0.2) is 88.4 Å². The van der Waals surface area contributed by atoms with Crippen LogP contribution in [0.25, 0.3) is 0 Å². The molecule has 0 radical (unpaired) electrons. The van der Waals surface area contributed by atoms with Gasteiger partial charge in [0.15, 0.2) is 0 Å². The van der Waals surface area contributed by atoms with Crippen molar-refractivity contribution in [2.24, 2.45) is 0 Å². The van der Waals surface area contributed by atoms with Crippen LogP contribution in [0, 0.1) is 6.92 Å². The molecule has 3 heterocycles. The first kappa shape index (κ1) is 23.2. The molecular weight excluding hydrogens is 504 g/mol. The Kier molecular flexibility index (Phi) is 6.59. The van der Waals surface area contributed by atoms with Crippen molar-refractivity contribution >= 4 is 21.8 Å². The maximum absolute atomic E-state index is 13.8. The highest BCUT2D eigenvalue weighted by Crippen LogP contribution is 2.27. The normalized spacial score (nSPS) is 13.1. The van der Waals surface area contributed by atoms with E-state index in [2.05, 4.69) is 20.9 Å². The van der Waals surface area contributed by atoms with Crippen LogP contribution in [0.1, 0.15) is 39.8 Å². The number of hydrogen-bond acceptors (Lipinski definition) is 4. The first-order chi connectivity index (χ1) is 17.0. The third-order valence-corrected chi connectivity index (χ3v) is 6.84. The molecule has 2 aromatic carbocycles. The van der Waals surface area contributed by atoms with E-state index in [9.17, 15) is 9.59 Å². The highest BCUT2D eigenvalue weighted by molar-refractivity contribution is 9.10. The van der Waals surface area contributed by atoms with Crippen molar-refractivity contribution in [3.63, 3.8) is 0 Å². The summed E-state index contributed by atoms with van der Waals surface area (Å²) in [5.74, 6) is 0.641. The molecule has 0 saturated heterocycles. The van der Waals surface area contributed by atoms with E-state index in [1.54, 1.807) is 21.9 Å². The number of carbonyl (C=O) groups excluding carboxylic acids is 1. The maximum atomic E-state index is 13.8. The molecule has 0 saturated carbocycles. The van der Waals surface area contributed by atoms with Crippen molar-refractivity contribution in [1.82, 2.24) is 19.4 Å². The molecule has 1 aliphatic heterocycles. The minimum absolute atomic E-state index is 0.00521. The second kappa shape index (κ2) is 9.96. The number of nitrogens with zero attached hydrogens (tertiary/aromatic N) is 4. The molecule has 6 nitrogen and oxygen atoms in total. The summed E-state index contributed by atoms with van der Waals surface area (Å²) in [6.45, 7) is 2.71. The number of amides is 1. The molecule has 1 aliphatic rings. The van der Waals surface area contributed by atoms with Gasteiger partial charge in [0.05, 0.1) is 24.7 Å². The Morgan fingerprint density at radius 1 is 1.03 bits per heavy atom. The molecule has 0 aliphatic carbocycles. The lowest BCUT2D eigenvalue weighted by Gasteiger charge is -2.30. The Morgan fingerprint density at radius 3 is 2.31 bits per heavy atom. The van der Waals surface area contributed by atoms with Crippen molar-refractivity contribution < 1.29 is 4.79 Å². The zero-order valence-corrected chi connectivity index (χ0v) is 21.0. The molecular formula is C28H25BrN4O2. The lowest BCUT2D eigenvalue weighted by atomic mass is 9.97. The molecule has 35 heavy (non-hydrogen) atoms. The second-order valence-corrected chi connectivity index (χ2v) is 9.65. The second-order valence-electron chi connectivity index (χ2n) is 8.74. The smallest absolute Gasteiger partial charge is 0.257 e. The molecule has 0 spiro atoms. The molecule has 0 bridgehead atoms. The zero-order valence-electron chi connectivity index (χ0n) is 19.4. The van der Waals surface area contributed by atoms with Gasteiger partial charge in [0.2, 0.25) is 5.91 Å². The maximum Gasteiger partial charge on any atom is 0.257 e. The van der Waals surface area contributed by atoms with E-state index < -0.39 is 0 Å². The highest BCUT2D eigenvalue weighted by atomic mass is 79.9. The number of carbonyl (C=O) groups is 1. The van der Waals surface area contributed by atoms with Gasteiger partial charge in [-0.15, -0.1) is 0 Å². The Hall–Kier alpha value is -3.58. The predicted molar refractivity (Wildman–Crippen MR) is 138 cm³/mol. The Bertz CT molecular complexity index is 1380. The summed E-state index contributed by atoms with van der Waals surface area (Å²) in [5, 5.41) is 0. The quantitative estimate of drug-likeness (QED) is 0.383. The van der Waals surface area contributed by atoms with Gasteiger partial charge < -0.3 is 4.90 Å². The summed E-state index contributed by atoms with van der Waals surface area (Å²) >= 11 is 3.40. The average Bonchev–Trinajstić information content (AvgIpc) is 2.87. The largest absolute Gasteiger partial charge is 0.336 e. The number of aryl methyl sites for hydroxylation is 1. The zero-order chi connectivity index (χ0) is 24.4. The Morgan fingerprint density at radius 2 is 1.69 bits per heavy atom. The number of benzene rings is 2. The SMILES string of the molecule is Cc1nc2c(c(=O)n1C(c1ccccc1)c1ccccc1)CCN(C(=O)Cc1cncc(Br)c1)C2. The molecule has 2 aromatic heterocycles. The summed E-state index contributed by atoms with van der Waals surface area (Å²) in [4.78, 5) is 37.6. The van der Waals surface area contributed by atoms with E-state index in [1.165, 1.54) is 0 Å². The predicted octanol–water partition coefficient (Wildman–Crippen LogP) is 4.47. The summed E-state index contributed by atoms with van der Waals surface area (Å²) in [6, 6.07) is 21.7. The van der Waals surface area contributed by atoms with E-state index in [1.807, 2.05) is 73.7 Å². The molecule has 0 unspecified atom stereocenters. The fraction of sp³-hybridized carbons (Fsp3) is 0.214. The van der Waals surface area contributed by atoms with Crippen molar-refractivity contribution in [2.45, 2.75) is 32.4 Å². The third kappa shape index (κ3) is 4.82. The van der Waals surface area contributed by atoms with Gasteiger partial charge in [0.1, 0.15) is 5.82 Å². The van der Waals surface area contributed by atoms with Crippen LogP contribution in [0.5, 0.6) is 0 Å². The van der Waals surface area contributed by atoms with Crippen LogP contribution >= 0.6 is 15.9 Å². The van der Waals surface area contributed by atoms with Gasteiger partial charge in [-0.1, -0.05) is 60.7 Å². The fourth-order valence-electron chi connectivity index (χ4n) is 4.74. The summed E-state index contributed by atoms with van der Waals surface area (Å²) in [6.07, 6.45) is 4.15. The molecule has 5 rings (SSSR count). The van der Waals surface area contributed by atoms with Gasteiger partial charge in [-0.25, -0.2) is 4.98 Å². The molecule has 7 heteroatoms. The van der Waals surface area contributed by atoms with Gasteiger partial charge in [-0.3, -0.25) is 19.1 Å². The van der Waals surface area contributed by atoms with E-state index in [-0.39, 0.29) is 23.9 Å². The number of pyridine rings is 1. The van der Waals surface area contributed by atoms with Crippen LogP contribution < -0.4 is 5.56 Å². The lowest BCUT2D eigenvalue weighted by molar-refractivity contribution is -0.131. The third-order valence-electron chi connectivity index (χ3n) is 6.40. The number of fused-ring (bicyclic) bond motifs is 1. The van der Waals surface area contributed by atoms with Crippen molar-refractivity contribution in [3.05, 3.63) is 128 Å². The summed E-state index contributed by atoms with van der Waals surface area (Å²) < 4.78 is 2.64. The first-order valence-corrected chi connectivity index (χ1v) is 12.4. The Balaban J connectivity index is 1.48. The molecule has 4 aromatic rings. The monoisotopic (exact) mass is 528 g/mol. The van der Waals surface area contributed by atoms with Crippen molar-refractivity contribution in [1.29, 1.82) is 0 Å². The number of rotatable bonds is 5. The molecule has 0 N–H and O–H groups in total. The van der Waals surface area contributed by atoms with Crippen LogP contribution in [0.2, 0.25) is 0 Å². The fourth-order valence-corrected chi connectivity index (χ4v) is 5.15. The minimum atomic E-state index is -0.272. The topological polar surface area (TPSA) is 68.1 Å². The molecule has 0 atom stereocenters. The summed E-state index contributed by atoms with van der Waals surface area (Å²) in [5.41, 5.74) is 4.26. The van der Waals surface area contributed by atoms with Crippen LogP contribution in [0.3, 0.4) is 0 Å². The van der Waals surface area contributed by atoms with E-state index in [0.717, 1.165) is 21.2 Å². The van der Waals surface area contributed by atoms with Crippen molar-refractivity contribution in [2.75, 3.05) is 6.54 Å². The molecule has 176 valence electrons. The lowest BCUT2D eigenvalue weighted by Crippen LogP contribution is -2.42. The highest BCUT2D eigenvalue weighted by Gasteiger charge is 2.28. The minimum Gasteiger partial charge on any atom is -0.336 e. The van der Waals surface area contributed by atoms with Crippen LogP contribution in [0.4, 0.5) is 0 Å². The first-order valence-electron chi connectivity index (χ1n) is 11.6. The number of aromatic nitrogens is 3. The van der Waals surface area contributed by atoms with E-state index in [0.29, 0.717) is 36.6 Å².